The number of hydrogen-bond donors (Lipinski definition) is 1. The van der Waals surface area contributed by atoms with Gasteiger partial charge in [0.15, 0.2) is 11.5 Å². The van der Waals surface area contributed by atoms with E-state index in [2.05, 4.69) is 15.6 Å². The Hall–Kier alpha value is -3.66. The zero-order valence-electron chi connectivity index (χ0n) is 22.6. The van der Waals surface area contributed by atoms with Crippen LogP contribution in [-0.4, -0.2) is 51.0 Å². The number of para-hydroxylation sites is 1. The molecule has 3 aliphatic rings. The van der Waals surface area contributed by atoms with Gasteiger partial charge >= 0.3 is 5.97 Å². The molecule has 41 heavy (non-hydrogen) atoms. The molecule has 10 heteroatoms. The summed E-state index contributed by atoms with van der Waals surface area (Å²) >= 11 is 6.03. The summed E-state index contributed by atoms with van der Waals surface area (Å²) in [6.45, 7) is 3.82. The number of ether oxygens (including phenoxy) is 4. The van der Waals surface area contributed by atoms with Gasteiger partial charge in [0.25, 0.3) is 5.79 Å². The van der Waals surface area contributed by atoms with Crippen molar-refractivity contribution in [1.29, 1.82) is 0 Å². The van der Waals surface area contributed by atoms with Crippen LogP contribution in [-0.2, 0) is 28.2 Å². The quantitative estimate of drug-likeness (QED) is 0.298. The predicted molar refractivity (Wildman–Crippen MR) is 151 cm³/mol. The number of aromatic nitrogens is 3. The van der Waals surface area contributed by atoms with Crippen molar-refractivity contribution in [1.82, 2.24) is 14.5 Å². The van der Waals surface area contributed by atoms with E-state index in [1.807, 2.05) is 25.1 Å². The number of hydrogen-bond acceptors (Lipinski definition) is 7. The first kappa shape index (κ1) is 26.3. The van der Waals surface area contributed by atoms with Crippen LogP contribution >= 0.6 is 11.6 Å². The Morgan fingerprint density at radius 1 is 1.10 bits per heavy atom. The Bertz CT molecular complexity index is 1610. The molecule has 1 N–H and O–H groups in total. The molecule has 0 radical (unpaired) electrons. The van der Waals surface area contributed by atoms with Gasteiger partial charge < -0.3 is 28.6 Å². The standard InChI is InChI=1S/C31H30ClN3O6/c1-31(27-10-7-20(32)15-33-27)40-26-4-2-3-23(29(26)41-31)19-5-8-21(39-17-19)14-28-34-24-9-6-18(30(36)37)13-25(24)35(28)16-22-11-12-38-22/h2-4,6-7,9-10,13,15,19,21-22H,5,8,11-12,14,16-17H2,1H3,(H,36,37)/t19?,21?,22-,31?/m0/s1. The number of halogens is 1. The first-order valence-corrected chi connectivity index (χ1v) is 14.3. The van der Waals surface area contributed by atoms with E-state index in [1.165, 1.54) is 0 Å². The molecule has 0 spiro atoms. The summed E-state index contributed by atoms with van der Waals surface area (Å²) in [7, 11) is 0. The molecule has 212 valence electrons. The van der Waals surface area contributed by atoms with Gasteiger partial charge in [-0.1, -0.05) is 23.7 Å². The molecule has 0 bridgehead atoms. The molecule has 2 aromatic heterocycles. The summed E-state index contributed by atoms with van der Waals surface area (Å²) in [5.74, 6) is 0.488. The molecular formula is C31H30ClN3O6. The van der Waals surface area contributed by atoms with E-state index in [0.29, 0.717) is 36.0 Å². The van der Waals surface area contributed by atoms with Crippen molar-refractivity contribution in [2.75, 3.05) is 13.2 Å². The Morgan fingerprint density at radius 2 is 1.98 bits per heavy atom. The molecule has 4 atom stereocenters. The molecule has 9 nitrogen and oxygen atoms in total. The number of carbonyl (C=O) groups is 1. The first-order valence-electron chi connectivity index (χ1n) is 13.9. The summed E-state index contributed by atoms with van der Waals surface area (Å²) in [4.78, 5) is 20.9. The smallest absolute Gasteiger partial charge is 0.335 e. The summed E-state index contributed by atoms with van der Waals surface area (Å²) in [5.41, 5.74) is 3.57. The van der Waals surface area contributed by atoms with Crippen molar-refractivity contribution in [3.05, 3.63) is 82.4 Å². The summed E-state index contributed by atoms with van der Waals surface area (Å²) in [6, 6.07) is 14.7. The SMILES string of the molecule is CC1(c2ccc(Cl)cn2)Oc2cccc(C3CCC(Cc4nc5ccc(C(=O)O)cc5n4C[C@@H]4CCO4)OC3)c2O1. The topological polar surface area (TPSA) is 105 Å². The van der Waals surface area contributed by atoms with Crippen LogP contribution in [0, 0.1) is 0 Å². The molecule has 0 saturated carbocycles. The monoisotopic (exact) mass is 575 g/mol. The highest BCUT2D eigenvalue weighted by atomic mass is 35.5. The van der Waals surface area contributed by atoms with Gasteiger partial charge in [0.1, 0.15) is 11.5 Å². The highest BCUT2D eigenvalue weighted by molar-refractivity contribution is 6.30. The van der Waals surface area contributed by atoms with Crippen LogP contribution in [0.2, 0.25) is 5.02 Å². The Labute approximate surface area is 242 Å². The minimum absolute atomic E-state index is 0.000488. The van der Waals surface area contributed by atoms with E-state index in [0.717, 1.165) is 54.0 Å². The van der Waals surface area contributed by atoms with E-state index in [4.69, 9.17) is 35.5 Å². The number of benzene rings is 2. The maximum absolute atomic E-state index is 11.6. The van der Waals surface area contributed by atoms with Crippen LogP contribution in [0.3, 0.4) is 0 Å². The van der Waals surface area contributed by atoms with Crippen LogP contribution in [0.25, 0.3) is 11.0 Å². The second-order valence-electron chi connectivity index (χ2n) is 11.0. The van der Waals surface area contributed by atoms with Gasteiger partial charge in [-0.2, -0.15) is 0 Å². The summed E-state index contributed by atoms with van der Waals surface area (Å²) in [6.07, 6.45) is 5.12. The third-order valence-corrected chi connectivity index (χ3v) is 8.50. The Morgan fingerprint density at radius 3 is 2.68 bits per heavy atom. The van der Waals surface area contributed by atoms with Crippen molar-refractivity contribution in [3.8, 4) is 11.5 Å². The van der Waals surface area contributed by atoms with Gasteiger partial charge in [0.2, 0.25) is 0 Å². The second-order valence-corrected chi connectivity index (χ2v) is 11.5. The van der Waals surface area contributed by atoms with Gasteiger partial charge in [0.05, 0.1) is 47.0 Å². The van der Waals surface area contributed by atoms with E-state index in [1.54, 1.807) is 30.5 Å². The van der Waals surface area contributed by atoms with Crippen molar-refractivity contribution in [2.24, 2.45) is 0 Å². The fourth-order valence-electron chi connectivity index (χ4n) is 5.93. The predicted octanol–water partition coefficient (Wildman–Crippen LogP) is 5.72. The van der Waals surface area contributed by atoms with Crippen LogP contribution in [0.1, 0.15) is 59.5 Å². The number of carboxylic acid groups (broad SMARTS) is 1. The normalized spacial score (nSPS) is 25.3. The summed E-state index contributed by atoms with van der Waals surface area (Å²) < 4.78 is 26.9. The number of aromatic carboxylic acids is 1. The maximum Gasteiger partial charge on any atom is 0.335 e. The number of imidazole rings is 1. The lowest BCUT2D eigenvalue weighted by Crippen LogP contribution is -2.33. The van der Waals surface area contributed by atoms with E-state index >= 15 is 0 Å². The fourth-order valence-corrected chi connectivity index (χ4v) is 6.04. The third kappa shape index (κ3) is 4.92. The van der Waals surface area contributed by atoms with Gasteiger partial charge in [-0.05, 0) is 55.7 Å². The maximum atomic E-state index is 11.6. The number of nitrogens with zero attached hydrogens (tertiary/aromatic N) is 3. The molecule has 2 fully saturated rings. The number of carboxylic acids is 1. The molecule has 4 aromatic rings. The second kappa shape index (κ2) is 10.3. The molecule has 3 aliphatic heterocycles. The highest BCUT2D eigenvalue weighted by Gasteiger charge is 2.42. The lowest BCUT2D eigenvalue weighted by atomic mass is 9.90. The number of rotatable bonds is 7. The van der Waals surface area contributed by atoms with Gasteiger partial charge in [-0.3, -0.25) is 4.98 Å². The molecule has 2 aromatic carbocycles. The average Bonchev–Trinajstić information content (AvgIpc) is 3.47. The van der Waals surface area contributed by atoms with Gasteiger partial charge in [0, 0.05) is 37.6 Å². The van der Waals surface area contributed by atoms with Gasteiger partial charge in [-0.25, -0.2) is 9.78 Å². The van der Waals surface area contributed by atoms with Crippen LogP contribution < -0.4 is 9.47 Å². The lowest BCUT2D eigenvalue weighted by molar-refractivity contribution is -0.0726. The third-order valence-electron chi connectivity index (χ3n) is 8.28. The van der Waals surface area contributed by atoms with Crippen LogP contribution in [0.4, 0.5) is 0 Å². The largest absolute Gasteiger partial charge is 0.478 e. The Kier molecular flexibility index (Phi) is 6.60. The van der Waals surface area contributed by atoms with Crippen molar-refractivity contribution < 1.29 is 28.8 Å². The van der Waals surface area contributed by atoms with Crippen molar-refractivity contribution in [2.45, 2.75) is 63.1 Å². The molecule has 7 rings (SSSR count). The van der Waals surface area contributed by atoms with E-state index in [9.17, 15) is 9.90 Å². The molecule has 0 aliphatic carbocycles. The molecular weight excluding hydrogens is 546 g/mol. The van der Waals surface area contributed by atoms with E-state index < -0.39 is 11.8 Å². The zero-order chi connectivity index (χ0) is 28.1. The van der Waals surface area contributed by atoms with E-state index in [-0.39, 0.29) is 23.7 Å². The average molecular weight is 576 g/mol. The van der Waals surface area contributed by atoms with Crippen LogP contribution in [0.15, 0.2) is 54.7 Å². The lowest BCUT2D eigenvalue weighted by Gasteiger charge is -2.31. The molecule has 5 heterocycles. The first-order chi connectivity index (χ1) is 19.9. The van der Waals surface area contributed by atoms with Gasteiger partial charge in [-0.15, -0.1) is 0 Å². The Balaban J connectivity index is 1.07. The fraction of sp³-hybridized carbons (Fsp3) is 0.387. The van der Waals surface area contributed by atoms with Crippen molar-refractivity contribution >= 4 is 28.6 Å². The number of pyridine rings is 1. The van der Waals surface area contributed by atoms with Crippen LogP contribution in [0.5, 0.6) is 11.5 Å². The zero-order valence-corrected chi connectivity index (χ0v) is 23.3. The minimum Gasteiger partial charge on any atom is -0.478 e. The number of fused-ring (bicyclic) bond motifs is 2. The summed E-state index contributed by atoms with van der Waals surface area (Å²) in [5, 5.41) is 10.1. The molecule has 0 amide bonds. The van der Waals surface area contributed by atoms with Crippen molar-refractivity contribution in [3.63, 3.8) is 0 Å². The minimum atomic E-state index is -1.04. The molecule has 2 saturated heterocycles. The molecule has 3 unspecified atom stereocenters. The highest BCUT2D eigenvalue weighted by Crippen LogP contribution is 2.49.